The highest BCUT2D eigenvalue weighted by Crippen LogP contribution is 2.31. The molecule has 2 heterocycles. The van der Waals surface area contributed by atoms with Crippen molar-refractivity contribution >= 4 is 23.4 Å². The molecule has 1 aromatic carbocycles. The molecule has 0 radical (unpaired) electrons. The van der Waals surface area contributed by atoms with Crippen LogP contribution in [-0.2, 0) is 16.0 Å². The Morgan fingerprint density at radius 1 is 1.27 bits per heavy atom. The smallest absolute Gasteiger partial charge is 0.410 e. The molecule has 1 aromatic rings. The van der Waals surface area contributed by atoms with Crippen molar-refractivity contribution in [2.24, 2.45) is 0 Å². The van der Waals surface area contributed by atoms with Crippen LogP contribution in [0.5, 0.6) is 0 Å². The number of benzene rings is 1. The predicted molar refractivity (Wildman–Crippen MR) is 103 cm³/mol. The molecule has 1 saturated heterocycles. The molecule has 1 fully saturated rings. The average Bonchev–Trinajstić information content (AvgIpc) is 3.19. The summed E-state index contributed by atoms with van der Waals surface area (Å²) in [5.74, 6) is -0.144. The molecule has 2 amide bonds. The fourth-order valence-electron chi connectivity index (χ4n) is 3.66. The van der Waals surface area contributed by atoms with Crippen molar-refractivity contribution in [2.45, 2.75) is 58.6 Å². The van der Waals surface area contributed by atoms with Gasteiger partial charge in [0.2, 0.25) is 5.91 Å². The minimum Gasteiger partial charge on any atom is -0.444 e. The fourth-order valence-corrected chi connectivity index (χ4v) is 3.66. The number of likely N-dealkylation sites (tertiary alicyclic amines) is 1. The van der Waals surface area contributed by atoms with Gasteiger partial charge < -0.3 is 15.0 Å². The van der Waals surface area contributed by atoms with E-state index in [1.54, 1.807) is 4.90 Å². The van der Waals surface area contributed by atoms with Crippen LogP contribution in [0.15, 0.2) is 18.2 Å². The molecule has 0 saturated carbocycles. The van der Waals surface area contributed by atoms with Crippen LogP contribution in [0.2, 0.25) is 0 Å². The molecule has 1 unspecified atom stereocenters. The number of amides is 2. The van der Waals surface area contributed by atoms with Gasteiger partial charge in [0.05, 0.1) is 0 Å². The van der Waals surface area contributed by atoms with Crippen LogP contribution < -0.4 is 10.2 Å². The number of nitrogens with one attached hydrogen (secondary N) is 1. The van der Waals surface area contributed by atoms with E-state index in [-0.39, 0.29) is 5.91 Å². The molecular formula is C20H29N3O3. The summed E-state index contributed by atoms with van der Waals surface area (Å²) in [6, 6.07) is 5.60. The van der Waals surface area contributed by atoms with E-state index in [4.69, 9.17) is 4.74 Å². The Morgan fingerprint density at radius 2 is 2.04 bits per heavy atom. The number of fused-ring (bicyclic) bond motifs is 1. The summed E-state index contributed by atoms with van der Waals surface area (Å²) in [6.45, 7) is 10.2. The van der Waals surface area contributed by atoms with Crippen molar-refractivity contribution in [2.75, 3.05) is 29.9 Å². The first-order valence-corrected chi connectivity index (χ1v) is 9.47. The van der Waals surface area contributed by atoms with E-state index in [0.717, 1.165) is 31.6 Å². The Kier molecular flexibility index (Phi) is 5.12. The number of ether oxygens (including phenoxy) is 1. The van der Waals surface area contributed by atoms with Crippen molar-refractivity contribution in [3.8, 4) is 0 Å². The van der Waals surface area contributed by atoms with E-state index < -0.39 is 17.7 Å². The predicted octanol–water partition coefficient (Wildman–Crippen LogP) is 3.41. The van der Waals surface area contributed by atoms with Gasteiger partial charge in [-0.3, -0.25) is 9.69 Å². The van der Waals surface area contributed by atoms with Gasteiger partial charge in [0.15, 0.2) is 0 Å². The Bertz CT molecular complexity index is 696. The zero-order valence-electron chi connectivity index (χ0n) is 16.2. The van der Waals surface area contributed by atoms with Gasteiger partial charge in [-0.25, -0.2) is 4.79 Å². The number of nitrogens with zero attached hydrogens (tertiary/aromatic N) is 2. The highest BCUT2D eigenvalue weighted by molar-refractivity contribution is 5.97. The molecule has 2 aliphatic heterocycles. The van der Waals surface area contributed by atoms with Gasteiger partial charge in [0, 0.05) is 31.0 Å². The Labute approximate surface area is 155 Å². The van der Waals surface area contributed by atoms with Crippen molar-refractivity contribution in [3.63, 3.8) is 0 Å². The van der Waals surface area contributed by atoms with Gasteiger partial charge in [0.1, 0.15) is 11.6 Å². The third-order valence-corrected chi connectivity index (χ3v) is 4.91. The normalized spacial score (nSPS) is 19.5. The quantitative estimate of drug-likeness (QED) is 0.898. The number of hydrogen-bond donors (Lipinski definition) is 1. The summed E-state index contributed by atoms with van der Waals surface area (Å²) in [5, 5.41) is 2.99. The van der Waals surface area contributed by atoms with Crippen molar-refractivity contribution in [1.82, 2.24) is 4.90 Å². The summed E-state index contributed by atoms with van der Waals surface area (Å²) >= 11 is 0. The second-order valence-corrected chi connectivity index (χ2v) is 7.99. The maximum atomic E-state index is 12.8. The molecule has 3 rings (SSSR count). The van der Waals surface area contributed by atoms with Gasteiger partial charge in [-0.05, 0) is 64.7 Å². The first kappa shape index (κ1) is 18.5. The molecule has 26 heavy (non-hydrogen) atoms. The minimum atomic E-state index is -0.565. The lowest BCUT2D eigenvalue weighted by Crippen LogP contribution is -2.45. The molecule has 1 atom stereocenters. The van der Waals surface area contributed by atoms with E-state index in [9.17, 15) is 9.59 Å². The van der Waals surface area contributed by atoms with Crippen molar-refractivity contribution < 1.29 is 14.3 Å². The standard InChI is InChI=1S/C20H29N3O3/c1-5-22-12-10-14-8-9-15(13-17(14)22)21-18(24)16-7-6-11-23(16)19(25)26-20(2,3)4/h8-9,13,16H,5-7,10-12H2,1-4H3,(H,21,24). The largest absolute Gasteiger partial charge is 0.444 e. The molecule has 142 valence electrons. The van der Waals surface area contributed by atoms with Crippen LogP contribution >= 0.6 is 0 Å². The maximum absolute atomic E-state index is 12.8. The summed E-state index contributed by atoms with van der Waals surface area (Å²) < 4.78 is 5.44. The van der Waals surface area contributed by atoms with Gasteiger partial charge in [-0.2, -0.15) is 0 Å². The van der Waals surface area contributed by atoms with E-state index in [0.29, 0.717) is 13.0 Å². The lowest BCUT2D eigenvalue weighted by atomic mass is 10.1. The fraction of sp³-hybridized carbons (Fsp3) is 0.600. The lowest BCUT2D eigenvalue weighted by molar-refractivity contribution is -0.120. The number of rotatable bonds is 3. The molecule has 0 aromatic heterocycles. The molecular weight excluding hydrogens is 330 g/mol. The number of anilines is 2. The molecule has 6 heteroatoms. The van der Waals surface area contributed by atoms with Crippen LogP contribution in [-0.4, -0.2) is 48.2 Å². The highest BCUT2D eigenvalue weighted by atomic mass is 16.6. The Hall–Kier alpha value is -2.24. The third kappa shape index (κ3) is 3.94. The van der Waals surface area contributed by atoms with Crippen LogP contribution in [0.25, 0.3) is 0 Å². The first-order valence-electron chi connectivity index (χ1n) is 9.47. The average molecular weight is 359 g/mol. The van der Waals surface area contributed by atoms with Crippen LogP contribution in [0, 0.1) is 0 Å². The van der Waals surface area contributed by atoms with E-state index in [1.807, 2.05) is 32.9 Å². The van der Waals surface area contributed by atoms with E-state index in [2.05, 4.69) is 23.2 Å². The molecule has 6 nitrogen and oxygen atoms in total. The first-order chi connectivity index (χ1) is 12.3. The van der Waals surface area contributed by atoms with Gasteiger partial charge in [-0.15, -0.1) is 0 Å². The van der Waals surface area contributed by atoms with Crippen molar-refractivity contribution in [3.05, 3.63) is 23.8 Å². The number of likely N-dealkylation sites (N-methyl/N-ethyl adjacent to an activating group) is 1. The molecule has 0 aliphatic carbocycles. The molecule has 2 aliphatic rings. The summed E-state index contributed by atoms with van der Waals surface area (Å²) in [7, 11) is 0. The number of carbonyl (C=O) groups excluding carboxylic acids is 2. The Morgan fingerprint density at radius 3 is 2.73 bits per heavy atom. The molecule has 1 N–H and O–H groups in total. The zero-order chi connectivity index (χ0) is 18.9. The highest BCUT2D eigenvalue weighted by Gasteiger charge is 2.36. The second-order valence-electron chi connectivity index (χ2n) is 7.99. The Balaban J connectivity index is 1.69. The summed E-state index contributed by atoms with van der Waals surface area (Å²) in [4.78, 5) is 29.0. The van der Waals surface area contributed by atoms with Gasteiger partial charge in [0.25, 0.3) is 0 Å². The number of carbonyl (C=O) groups is 2. The van der Waals surface area contributed by atoms with Gasteiger partial charge >= 0.3 is 6.09 Å². The number of hydrogen-bond acceptors (Lipinski definition) is 4. The van der Waals surface area contributed by atoms with Crippen LogP contribution in [0.3, 0.4) is 0 Å². The zero-order valence-corrected chi connectivity index (χ0v) is 16.2. The molecule has 0 spiro atoms. The third-order valence-electron chi connectivity index (χ3n) is 4.91. The minimum absolute atomic E-state index is 0.144. The van der Waals surface area contributed by atoms with Gasteiger partial charge in [-0.1, -0.05) is 6.07 Å². The van der Waals surface area contributed by atoms with E-state index >= 15 is 0 Å². The second kappa shape index (κ2) is 7.17. The monoisotopic (exact) mass is 359 g/mol. The summed E-state index contributed by atoms with van der Waals surface area (Å²) in [5.41, 5.74) is 2.73. The van der Waals surface area contributed by atoms with Crippen LogP contribution in [0.1, 0.15) is 46.1 Å². The van der Waals surface area contributed by atoms with Crippen LogP contribution in [0.4, 0.5) is 16.2 Å². The lowest BCUT2D eigenvalue weighted by Gasteiger charge is -2.28. The maximum Gasteiger partial charge on any atom is 0.410 e. The van der Waals surface area contributed by atoms with Crippen molar-refractivity contribution in [1.29, 1.82) is 0 Å². The summed E-state index contributed by atoms with van der Waals surface area (Å²) in [6.07, 6.45) is 2.11. The molecule has 0 bridgehead atoms. The topological polar surface area (TPSA) is 61.9 Å². The van der Waals surface area contributed by atoms with E-state index in [1.165, 1.54) is 11.3 Å². The SMILES string of the molecule is CCN1CCc2ccc(NC(=O)C3CCCN3C(=O)OC(C)(C)C)cc21.